The molecule has 1 spiro atoms. The average Bonchev–Trinajstić information content (AvgIpc) is 3.31. The highest BCUT2D eigenvalue weighted by atomic mass is 16.6. The zero-order chi connectivity index (χ0) is 16.5. The molecule has 1 aromatic carbocycles. The topological polar surface area (TPSA) is 69.4 Å². The first kappa shape index (κ1) is 14.4. The quantitative estimate of drug-likeness (QED) is 0.478. The first-order chi connectivity index (χ1) is 11.6. The van der Waals surface area contributed by atoms with Crippen LogP contribution < -0.4 is 0 Å². The van der Waals surface area contributed by atoms with Gasteiger partial charge < -0.3 is 4.74 Å². The number of nitrogens with zero attached hydrogens (tertiary/aromatic N) is 1. The third-order valence-electron chi connectivity index (χ3n) is 7.43. The van der Waals surface area contributed by atoms with Crippen LogP contribution in [0, 0.1) is 39.2 Å². The lowest BCUT2D eigenvalue weighted by Crippen LogP contribution is -2.44. The Bertz CT molecular complexity index is 715. The molecule has 0 heterocycles. The molecule has 4 aliphatic carbocycles. The molecule has 0 N–H and O–H groups in total. The number of benzene rings is 1. The molecule has 5 nitrogen and oxygen atoms in total. The molecule has 5 rings (SSSR count). The standard InChI is InChI=1S/C19H21NO4/c21-18(12-2-5-15(6-3-12)20(22)23)24-17-8-11-7-16-13-1-4-14(9-13)19(16,17)10-11/h2-3,5-6,11,13-14,16-17H,1,4,7-10H2/t11-,13+,14+,16+,17+,19-/m1/s1. The largest absolute Gasteiger partial charge is 0.458 e. The van der Waals surface area contributed by atoms with Crippen LogP contribution in [0.1, 0.15) is 48.9 Å². The van der Waals surface area contributed by atoms with E-state index in [1.807, 2.05) is 0 Å². The predicted molar refractivity (Wildman–Crippen MR) is 86.4 cm³/mol. The van der Waals surface area contributed by atoms with E-state index in [1.54, 1.807) is 0 Å². The predicted octanol–water partition coefficient (Wildman–Crippen LogP) is 3.97. The fourth-order valence-electron chi connectivity index (χ4n) is 6.69. The van der Waals surface area contributed by atoms with Crippen LogP contribution in [0.4, 0.5) is 5.69 Å². The molecule has 0 aromatic heterocycles. The Morgan fingerprint density at radius 2 is 1.96 bits per heavy atom. The Morgan fingerprint density at radius 1 is 1.17 bits per heavy atom. The third-order valence-corrected chi connectivity index (χ3v) is 7.43. The van der Waals surface area contributed by atoms with Gasteiger partial charge in [0.2, 0.25) is 0 Å². The summed E-state index contributed by atoms with van der Waals surface area (Å²) in [6, 6.07) is 5.75. The highest BCUT2D eigenvalue weighted by Crippen LogP contribution is 2.73. The number of nitro groups is 1. The zero-order valence-corrected chi connectivity index (χ0v) is 13.5. The summed E-state index contributed by atoms with van der Waals surface area (Å²) in [5.41, 5.74) is 0.669. The maximum atomic E-state index is 12.6. The molecular formula is C19H21NO4. The lowest BCUT2D eigenvalue weighted by atomic mass is 9.64. The van der Waals surface area contributed by atoms with Crippen LogP contribution in [-0.2, 0) is 4.74 Å². The molecule has 4 bridgehead atoms. The number of rotatable bonds is 3. The smallest absolute Gasteiger partial charge is 0.338 e. The van der Waals surface area contributed by atoms with Crippen LogP contribution >= 0.6 is 0 Å². The second-order valence-electron chi connectivity index (χ2n) is 8.23. The minimum absolute atomic E-state index is 0.00164. The second kappa shape index (κ2) is 4.80. The summed E-state index contributed by atoms with van der Waals surface area (Å²) in [5.74, 6) is 2.78. The minimum Gasteiger partial charge on any atom is -0.458 e. The van der Waals surface area contributed by atoms with E-state index in [1.165, 1.54) is 56.4 Å². The number of esters is 1. The summed E-state index contributed by atoms with van der Waals surface area (Å²) in [6.07, 6.45) is 7.66. The van der Waals surface area contributed by atoms with E-state index in [2.05, 4.69) is 0 Å². The van der Waals surface area contributed by atoms with E-state index in [0.29, 0.717) is 5.56 Å². The maximum absolute atomic E-state index is 12.6. The number of fused-ring (bicyclic) bond motifs is 4. The number of ether oxygens (including phenoxy) is 1. The van der Waals surface area contributed by atoms with E-state index in [9.17, 15) is 14.9 Å². The molecule has 24 heavy (non-hydrogen) atoms. The van der Waals surface area contributed by atoms with E-state index in [0.717, 1.165) is 30.1 Å². The minimum atomic E-state index is -0.454. The Balaban J connectivity index is 1.36. The SMILES string of the molecule is O=C(O[C@H]1C[C@H]2C[C@H]3[C@H]4CC[C@@H](C4)[C@@]13C2)c1ccc([N+](=O)[O-])cc1. The molecule has 4 aliphatic rings. The van der Waals surface area contributed by atoms with Crippen molar-refractivity contribution in [2.24, 2.45) is 29.1 Å². The first-order valence-corrected chi connectivity index (χ1v) is 9.03. The molecule has 0 saturated heterocycles. The number of nitro benzene ring substituents is 1. The van der Waals surface area contributed by atoms with Gasteiger partial charge in [-0.15, -0.1) is 0 Å². The Kier molecular flexibility index (Phi) is 2.89. The number of hydrogen-bond acceptors (Lipinski definition) is 4. The van der Waals surface area contributed by atoms with Crippen LogP contribution in [0.2, 0.25) is 0 Å². The monoisotopic (exact) mass is 327 g/mol. The molecule has 4 saturated carbocycles. The van der Waals surface area contributed by atoms with Crippen molar-refractivity contribution in [2.45, 2.75) is 44.6 Å². The molecule has 0 radical (unpaired) electrons. The van der Waals surface area contributed by atoms with Gasteiger partial charge >= 0.3 is 5.97 Å². The summed E-state index contributed by atoms with van der Waals surface area (Å²) in [7, 11) is 0. The number of hydrogen-bond donors (Lipinski definition) is 0. The van der Waals surface area contributed by atoms with Crippen LogP contribution in [-0.4, -0.2) is 17.0 Å². The van der Waals surface area contributed by atoms with Crippen molar-refractivity contribution in [1.82, 2.24) is 0 Å². The van der Waals surface area contributed by atoms with E-state index in [4.69, 9.17) is 4.74 Å². The summed E-state index contributed by atoms with van der Waals surface area (Å²) in [4.78, 5) is 22.8. The Morgan fingerprint density at radius 3 is 2.71 bits per heavy atom. The molecular weight excluding hydrogens is 306 g/mol. The van der Waals surface area contributed by atoms with Gasteiger partial charge in [0.15, 0.2) is 0 Å². The van der Waals surface area contributed by atoms with Gasteiger partial charge in [-0.1, -0.05) is 0 Å². The van der Waals surface area contributed by atoms with Crippen LogP contribution in [0.3, 0.4) is 0 Å². The van der Waals surface area contributed by atoms with Gasteiger partial charge in [0.25, 0.3) is 5.69 Å². The van der Waals surface area contributed by atoms with Crippen molar-refractivity contribution < 1.29 is 14.5 Å². The maximum Gasteiger partial charge on any atom is 0.338 e. The molecule has 5 heteroatoms. The third kappa shape index (κ3) is 1.78. The average molecular weight is 327 g/mol. The molecule has 0 amide bonds. The van der Waals surface area contributed by atoms with Gasteiger partial charge in [0.05, 0.1) is 10.5 Å². The van der Waals surface area contributed by atoms with Gasteiger partial charge in [0, 0.05) is 17.5 Å². The summed E-state index contributed by atoms with van der Waals surface area (Å²) < 4.78 is 5.98. The van der Waals surface area contributed by atoms with Gasteiger partial charge in [-0.2, -0.15) is 0 Å². The molecule has 0 aliphatic heterocycles. The fraction of sp³-hybridized carbons (Fsp3) is 0.632. The van der Waals surface area contributed by atoms with Crippen LogP contribution in [0.5, 0.6) is 0 Å². The molecule has 0 unspecified atom stereocenters. The summed E-state index contributed by atoms with van der Waals surface area (Å²) >= 11 is 0. The zero-order valence-electron chi connectivity index (χ0n) is 13.5. The van der Waals surface area contributed by atoms with Crippen molar-refractivity contribution >= 4 is 11.7 Å². The lowest BCUT2D eigenvalue weighted by Gasteiger charge is -2.44. The van der Waals surface area contributed by atoms with Crippen molar-refractivity contribution in [3.05, 3.63) is 39.9 Å². The number of carbonyl (C=O) groups excluding carboxylic acids is 1. The lowest BCUT2D eigenvalue weighted by molar-refractivity contribution is -0.384. The highest BCUT2D eigenvalue weighted by Gasteiger charge is 2.69. The van der Waals surface area contributed by atoms with Gasteiger partial charge in [-0.05, 0) is 74.3 Å². The molecule has 4 fully saturated rings. The van der Waals surface area contributed by atoms with E-state index < -0.39 is 4.92 Å². The van der Waals surface area contributed by atoms with Gasteiger partial charge in [0.1, 0.15) is 6.10 Å². The van der Waals surface area contributed by atoms with Crippen LogP contribution in [0.15, 0.2) is 24.3 Å². The van der Waals surface area contributed by atoms with E-state index in [-0.39, 0.29) is 23.2 Å². The highest BCUT2D eigenvalue weighted by molar-refractivity contribution is 5.89. The summed E-state index contributed by atoms with van der Waals surface area (Å²) in [6.45, 7) is 0. The molecule has 6 atom stereocenters. The van der Waals surface area contributed by atoms with Gasteiger partial charge in [-0.3, -0.25) is 10.1 Å². The van der Waals surface area contributed by atoms with Gasteiger partial charge in [-0.25, -0.2) is 4.79 Å². The van der Waals surface area contributed by atoms with E-state index >= 15 is 0 Å². The normalized spacial score (nSPS) is 41.4. The first-order valence-electron chi connectivity index (χ1n) is 9.03. The Labute approximate surface area is 140 Å². The molecule has 126 valence electrons. The summed E-state index contributed by atoms with van der Waals surface area (Å²) in [5, 5.41) is 10.7. The molecule has 1 aromatic rings. The number of non-ortho nitro benzene ring substituents is 1. The van der Waals surface area contributed by atoms with Crippen molar-refractivity contribution in [1.29, 1.82) is 0 Å². The van der Waals surface area contributed by atoms with Crippen molar-refractivity contribution in [3.63, 3.8) is 0 Å². The number of carbonyl (C=O) groups is 1. The van der Waals surface area contributed by atoms with Crippen molar-refractivity contribution in [3.8, 4) is 0 Å². The van der Waals surface area contributed by atoms with Crippen LogP contribution in [0.25, 0.3) is 0 Å². The fourth-order valence-corrected chi connectivity index (χ4v) is 6.69. The second-order valence-corrected chi connectivity index (χ2v) is 8.23. The Hall–Kier alpha value is -1.91. The van der Waals surface area contributed by atoms with Crippen molar-refractivity contribution in [2.75, 3.05) is 0 Å².